The summed E-state index contributed by atoms with van der Waals surface area (Å²) < 4.78 is 25.0. The molecular formula is C13H12ClFN2O2S. The molecule has 20 heavy (non-hydrogen) atoms. The lowest BCUT2D eigenvalue weighted by molar-refractivity contribution is -0.0806. The highest BCUT2D eigenvalue weighted by molar-refractivity contribution is 7.15. The van der Waals surface area contributed by atoms with Crippen LogP contribution < -0.4 is 10.1 Å². The normalized spacial score (nSPS) is 14.9. The Morgan fingerprint density at radius 1 is 1.50 bits per heavy atom. The minimum atomic E-state index is -0.385. The maximum atomic E-state index is 13.9. The molecule has 1 fully saturated rings. The predicted octanol–water partition coefficient (Wildman–Crippen LogP) is 3.33. The average molecular weight is 315 g/mol. The van der Waals surface area contributed by atoms with E-state index in [9.17, 15) is 4.39 Å². The van der Waals surface area contributed by atoms with Crippen LogP contribution in [0, 0.1) is 5.82 Å². The lowest BCUT2D eigenvalue weighted by atomic mass is 10.2. The van der Waals surface area contributed by atoms with E-state index in [1.165, 1.54) is 17.4 Å². The van der Waals surface area contributed by atoms with E-state index in [4.69, 9.17) is 21.1 Å². The van der Waals surface area contributed by atoms with Gasteiger partial charge in [-0.2, -0.15) is 0 Å². The number of hydrogen-bond donors (Lipinski definition) is 1. The number of ether oxygens (including phenoxy) is 2. The van der Waals surface area contributed by atoms with Crippen molar-refractivity contribution in [1.82, 2.24) is 4.98 Å². The molecule has 0 saturated carbocycles. The second-order valence-corrected chi connectivity index (χ2v) is 6.02. The molecule has 2 heterocycles. The molecule has 0 atom stereocenters. The first-order valence-corrected chi connectivity index (χ1v) is 7.29. The molecule has 0 aliphatic carbocycles. The van der Waals surface area contributed by atoms with Crippen LogP contribution in [0.1, 0.15) is 4.88 Å². The van der Waals surface area contributed by atoms with Crippen LogP contribution in [-0.4, -0.2) is 24.3 Å². The number of para-hydroxylation sites is 1. The van der Waals surface area contributed by atoms with E-state index in [-0.39, 0.29) is 17.7 Å². The standard InChI is InChI=1S/C13H12ClFN2O2S/c14-13-17-5-9(20-13)4-16-11-3-1-2-10(15)12(11)19-8-6-18-7-8/h1-3,5,8,16H,4,6-7H2. The first-order chi connectivity index (χ1) is 9.72. The summed E-state index contributed by atoms with van der Waals surface area (Å²) in [7, 11) is 0. The van der Waals surface area contributed by atoms with Gasteiger partial charge in [0.15, 0.2) is 16.0 Å². The summed E-state index contributed by atoms with van der Waals surface area (Å²) in [5.74, 6) is -0.152. The third-order valence-electron chi connectivity index (χ3n) is 2.84. The topological polar surface area (TPSA) is 43.4 Å². The van der Waals surface area contributed by atoms with Gasteiger partial charge in [-0.25, -0.2) is 9.37 Å². The summed E-state index contributed by atoms with van der Waals surface area (Å²) in [4.78, 5) is 4.93. The lowest BCUT2D eigenvalue weighted by Gasteiger charge is -2.28. The zero-order valence-corrected chi connectivity index (χ0v) is 12.0. The van der Waals surface area contributed by atoms with Gasteiger partial charge >= 0.3 is 0 Å². The molecule has 0 bridgehead atoms. The van der Waals surface area contributed by atoms with Gasteiger partial charge in [-0.15, -0.1) is 11.3 Å². The highest BCUT2D eigenvalue weighted by Crippen LogP contribution is 2.30. The first kappa shape index (κ1) is 13.6. The minimum Gasteiger partial charge on any atom is -0.480 e. The summed E-state index contributed by atoms with van der Waals surface area (Å²) in [5.41, 5.74) is 0.612. The highest BCUT2D eigenvalue weighted by atomic mass is 35.5. The number of nitrogens with zero attached hydrogens (tertiary/aromatic N) is 1. The van der Waals surface area contributed by atoms with Crippen molar-refractivity contribution < 1.29 is 13.9 Å². The second kappa shape index (κ2) is 5.95. The van der Waals surface area contributed by atoms with E-state index >= 15 is 0 Å². The van der Waals surface area contributed by atoms with Gasteiger partial charge in [0.1, 0.15) is 6.10 Å². The van der Waals surface area contributed by atoms with Gasteiger partial charge in [0.25, 0.3) is 0 Å². The predicted molar refractivity (Wildman–Crippen MR) is 76.1 cm³/mol. The highest BCUT2D eigenvalue weighted by Gasteiger charge is 2.23. The van der Waals surface area contributed by atoms with Crippen LogP contribution >= 0.6 is 22.9 Å². The Balaban J connectivity index is 1.72. The molecule has 1 saturated heterocycles. The Labute approximate surface area is 124 Å². The Kier molecular flexibility index (Phi) is 4.05. The van der Waals surface area contributed by atoms with Gasteiger partial charge in [-0.3, -0.25) is 0 Å². The number of rotatable bonds is 5. The number of hydrogen-bond acceptors (Lipinski definition) is 5. The molecule has 1 aliphatic rings. The van der Waals surface area contributed by atoms with Crippen molar-refractivity contribution >= 4 is 28.6 Å². The van der Waals surface area contributed by atoms with E-state index in [1.54, 1.807) is 18.3 Å². The van der Waals surface area contributed by atoms with E-state index < -0.39 is 0 Å². The molecule has 1 N–H and O–H groups in total. The van der Waals surface area contributed by atoms with Gasteiger partial charge in [0, 0.05) is 11.1 Å². The van der Waals surface area contributed by atoms with Crippen LogP contribution in [-0.2, 0) is 11.3 Å². The zero-order valence-electron chi connectivity index (χ0n) is 10.4. The molecular weight excluding hydrogens is 303 g/mol. The van der Waals surface area contributed by atoms with Crippen molar-refractivity contribution in [2.24, 2.45) is 0 Å². The maximum absolute atomic E-state index is 13.9. The van der Waals surface area contributed by atoms with Crippen LogP contribution in [0.2, 0.25) is 4.47 Å². The van der Waals surface area contributed by atoms with Crippen LogP contribution in [0.3, 0.4) is 0 Å². The smallest absolute Gasteiger partial charge is 0.183 e. The van der Waals surface area contributed by atoms with Crippen molar-refractivity contribution in [2.45, 2.75) is 12.6 Å². The van der Waals surface area contributed by atoms with Gasteiger partial charge in [-0.05, 0) is 12.1 Å². The number of benzene rings is 1. The molecule has 1 aromatic carbocycles. The molecule has 0 amide bonds. The van der Waals surface area contributed by atoms with Crippen LogP contribution in [0.5, 0.6) is 5.75 Å². The number of nitrogens with one attached hydrogen (secondary N) is 1. The Morgan fingerprint density at radius 2 is 2.35 bits per heavy atom. The molecule has 106 valence electrons. The summed E-state index contributed by atoms with van der Waals surface area (Å²) in [6.07, 6.45) is 1.62. The zero-order chi connectivity index (χ0) is 13.9. The second-order valence-electron chi connectivity index (χ2n) is 4.33. The van der Waals surface area contributed by atoms with Crippen LogP contribution in [0.4, 0.5) is 10.1 Å². The summed E-state index contributed by atoms with van der Waals surface area (Å²) in [6, 6.07) is 4.80. The third-order valence-corrected chi connectivity index (χ3v) is 3.95. The number of aromatic nitrogens is 1. The van der Waals surface area contributed by atoms with Gasteiger partial charge in [-0.1, -0.05) is 17.7 Å². The molecule has 3 rings (SSSR count). The summed E-state index contributed by atoms with van der Waals surface area (Å²) in [5, 5.41) is 3.14. The molecule has 2 aromatic rings. The molecule has 1 aliphatic heterocycles. The summed E-state index contributed by atoms with van der Waals surface area (Å²) >= 11 is 7.16. The number of anilines is 1. The molecule has 4 nitrogen and oxygen atoms in total. The van der Waals surface area contributed by atoms with Crippen molar-refractivity contribution in [1.29, 1.82) is 0 Å². The van der Waals surface area contributed by atoms with E-state index in [0.29, 0.717) is 29.9 Å². The Morgan fingerprint density at radius 3 is 3.00 bits per heavy atom. The van der Waals surface area contributed by atoms with E-state index in [0.717, 1.165) is 4.88 Å². The SMILES string of the molecule is Fc1cccc(NCc2cnc(Cl)s2)c1OC1COC1. The van der Waals surface area contributed by atoms with E-state index in [2.05, 4.69) is 10.3 Å². The Bertz CT molecular complexity index is 604. The van der Waals surface area contributed by atoms with Gasteiger partial charge in [0.2, 0.25) is 0 Å². The lowest BCUT2D eigenvalue weighted by Crippen LogP contribution is -2.38. The van der Waals surface area contributed by atoms with Gasteiger partial charge in [0.05, 0.1) is 25.4 Å². The van der Waals surface area contributed by atoms with Crippen molar-refractivity contribution in [3.05, 3.63) is 39.6 Å². The quantitative estimate of drug-likeness (QED) is 0.919. The Hall–Kier alpha value is -1.37. The molecule has 7 heteroatoms. The fourth-order valence-corrected chi connectivity index (χ4v) is 2.68. The van der Waals surface area contributed by atoms with Crippen LogP contribution in [0.25, 0.3) is 0 Å². The molecule has 0 spiro atoms. The third kappa shape index (κ3) is 3.03. The average Bonchev–Trinajstić information content (AvgIpc) is 2.79. The molecule has 0 radical (unpaired) electrons. The number of thiazole rings is 1. The largest absolute Gasteiger partial charge is 0.480 e. The fraction of sp³-hybridized carbons (Fsp3) is 0.308. The van der Waals surface area contributed by atoms with Gasteiger partial charge < -0.3 is 14.8 Å². The van der Waals surface area contributed by atoms with Crippen molar-refractivity contribution in [2.75, 3.05) is 18.5 Å². The van der Waals surface area contributed by atoms with E-state index in [1.807, 2.05) is 0 Å². The first-order valence-electron chi connectivity index (χ1n) is 6.09. The van der Waals surface area contributed by atoms with Crippen molar-refractivity contribution in [3.8, 4) is 5.75 Å². The molecule has 1 aromatic heterocycles. The van der Waals surface area contributed by atoms with Crippen molar-refractivity contribution in [3.63, 3.8) is 0 Å². The fourth-order valence-electron chi connectivity index (χ4n) is 1.76. The minimum absolute atomic E-state index is 0.0784. The number of halogens is 2. The maximum Gasteiger partial charge on any atom is 0.183 e. The van der Waals surface area contributed by atoms with Crippen LogP contribution in [0.15, 0.2) is 24.4 Å². The summed E-state index contributed by atoms with van der Waals surface area (Å²) in [6.45, 7) is 1.52. The monoisotopic (exact) mass is 314 g/mol. The molecule has 0 unspecified atom stereocenters.